The topological polar surface area (TPSA) is 88.9 Å². The lowest BCUT2D eigenvalue weighted by Gasteiger charge is -2.08. The number of nitrogens with zero attached hydrogens (tertiary/aromatic N) is 3. The second kappa shape index (κ2) is 9.91. The summed E-state index contributed by atoms with van der Waals surface area (Å²) in [5.41, 5.74) is 1.53. The highest BCUT2D eigenvalue weighted by Gasteiger charge is 2.13. The van der Waals surface area contributed by atoms with Gasteiger partial charge in [0.25, 0.3) is 0 Å². The molecule has 0 fully saturated rings. The van der Waals surface area contributed by atoms with Crippen LogP contribution < -0.4 is 10.6 Å². The smallest absolute Gasteiger partial charge is 0.243 e. The van der Waals surface area contributed by atoms with Gasteiger partial charge < -0.3 is 15.2 Å². The number of benzene rings is 2. The molecule has 2 N–H and O–H groups in total. The van der Waals surface area contributed by atoms with Gasteiger partial charge in [0.1, 0.15) is 0 Å². The fourth-order valence-corrected chi connectivity index (χ4v) is 3.66. The highest BCUT2D eigenvalue weighted by Crippen LogP contribution is 2.24. The first-order valence-corrected chi connectivity index (χ1v) is 10.7. The van der Waals surface area contributed by atoms with Gasteiger partial charge in [0, 0.05) is 22.1 Å². The van der Waals surface area contributed by atoms with Crippen LogP contribution in [0.15, 0.2) is 58.2 Å². The van der Waals surface area contributed by atoms with Gasteiger partial charge >= 0.3 is 0 Å². The van der Waals surface area contributed by atoms with E-state index in [1.165, 1.54) is 11.8 Å². The summed E-state index contributed by atoms with van der Waals surface area (Å²) in [6.45, 7) is -0.116. The molecule has 0 spiro atoms. The molecular weight excluding hydrogens is 478 g/mol. The van der Waals surface area contributed by atoms with Gasteiger partial charge in [-0.2, -0.15) is 0 Å². The number of rotatable bonds is 7. The summed E-state index contributed by atoms with van der Waals surface area (Å²) in [5.74, 6) is 0.221. The largest absolute Gasteiger partial charge is 0.346 e. The molecule has 1 aromatic heterocycles. The predicted octanol–water partition coefficient (Wildman–Crippen LogP) is 3.75. The number of halogens is 2. The zero-order chi connectivity index (χ0) is 20.8. The highest BCUT2D eigenvalue weighted by atomic mass is 79.9. The van der Waals surface area contributed by atoms with E-state index in [9.17, 15) is 9.59 Å². The van der Waals surface area contributed by atoms with Crippen molar-refractivity contribution in [1.82, 2.24) is 20.1 Å². The molecule has 150 valence electrons. The van der Waals surface area contributed by atoms with Crippen LogP contribution in [0.2, 0.25) is 5.02 Å². The normalized spacial score (nSPS) is 10.6. The van der Waals surface area contributed by atoms with Gasteiger partial charge in [-0.3, -0.25) is 9.59 Å². The van der Waals surface area contributed by atoms with Crippen LogP contribution in [-0.2, 0) is 16.6 Å². The number of amides is 2. The van der Waals surface area contributed by atoms with Crippen molar-refractivity contribution in [2.45, 2.75) is 5.16 Å². The first-order valence-electron chi connectivity index (χ1n) is 8.53. The maximum atomic E-state index is 12.1. The Morgan fingerprint density at radius 3 is 2.55 bits per heavy atom. The van der Waals surface area contributed by atoms with Crippen LogP contribution in [0.4, 0.5) is 5.69 Å². The molecule has 0 saturated heterocycles. The Hall–Kier alpha value is -2.36. The van der Waals surface area contributed by atoms with E-state index in [0.717, 1.165) is 10.0 Å². The molecule has 0 bridgehead atoms. The first kappa shape index (κ1) is 21.4. The molecule has 0 aliphatic carbocycles. The summed E-state index contributed by atoms with van der Waals surface area (Å²) >= 11 is 10.5. The number of anilines is 1. The van der Waals surface area contributed by atoms with Crippen LogP contribution in [-0.4, -0.2) is 38.9 Å². The highest BCUT2D eigenvalue weighted by molar-refractivity contribution is 9.10. The van der Waals surface area contributed by atoms with E-state index in [1.54, 1.807) is 22.8 Å². The van der Waals surface area contributed by atoms with Gasteiger partial charge in [0.15, 0.2) is 11.0 Å². The molecule has 2 amide bonds. The predicted molar refractivity (Wildman–Crippen MR) is 118 cm³/mol. The lowest BCUT2D eigenvalue weighted by Crippen LogP contribution is -2.34. The second-order valence-corrected chi connectivity index (χ2v) is 8.20. The monoisotopic (exact) mass is 493 g/mol. The molecular formula is C19H17BrClN5O2S. The first-order chi connectivity index (χ1) is 13.9. The van der Waals surface area contributed by atoms with Crippen molar-refractivity contribution in [3.8, 4) is 11.4 Å². The van der Waals surface area contributed by atoms with Crippen LogP contribution in [0.25, 0.3) is 11.4 Å². The Bertz CT molecular complexity index is 1030. The van der Waals surface area contributed by atoms with E-state index < -0.39 is 0 Å². The fraction of sp³-hybridized carbons (Fsp3) is 0.158. The summed E-state index contributed by atoms with van der Waals surface area (Å²) in [4.78, 5) is 24.1. The van der Waals surface area contributed by atoms with Gasteiger partial charge in [-0.1, -0.05) is 35.5 Å². The van der Waals surface area contributed by atoms with E-state index in [-0.39, 0.29) is 24.1 Å². The van der Waals surface area contributed by atoms with Crippen LogP contribution in [0.1, 0.15) is 0 Å². The van der Waals surface area contributed by atoms with Crippen LogP contribution in [0.5, 0.6) is 0 Å². The van der Waals surface area contributed by atoms with E-state index in [1.807, 2.05) is 37.4 Å². The zero-order valence-electron chi connectivity index (χ0n) is 15.4. The molecule has 3 rings (SSSR count). The Morgan fingerprint density at radius 2 is 1.83 bits per heavy atom. The number of carbonyl (C=O) groups excluding carboxylic acids is 2. The molecule has 0 unspecified atom stereocenters. The molecule has 0 aliphatic rings. The van der Waals surface area contributed by atoms with E-state index >= 15 is 0 Å². The summed E-state index contributed by atoms with van der Waals surface area (Å²) in [6, 6.07) is 14.5. The summed E-state index contributed by atoms with van der Waals surface area (Å²) in [6.07, 6.45) is 0. The third kappa shape index (κ3) is 5.81. The fourth-order valence-electron chi connectivity index (χ4n) is 2.41. The third-order valence-corrected chi connectivity index (χ3v) is 5.83. The third-order valence-electron chi connectivity index (χ3n) is 3.86. The number of hydrogen-bond donors (Lipinski definition) is 2. The number of para-hydroxylation sites is 1. The van der Waals surface area contributed by atoms with Crippen molar-refractivity contribution in [3.63, 3.8) is 0 Å². The van der Waals surface area contributed by atoms with Crippen LogP contribution in [0.3, 0.4) is 0 Å². The molecule has 10 heteroatoms. The molecule has 2 aromatic carbocycles. The molecule has 0 radical (unpaired) electrons. The number of aromatic nitrogens is 3. The minimum atomic E-state index is -0.307. The van der Waals surface area contributed by atoms with Crippen LogP contribution in [0, 0.1) is 0 Å². The minimum Gasteiger partial charge on any atom is -0.346 e. The van der Waals surface area contributed by atoms with E-state index in [4.69, 9.17) is 11.6 Å². The number of carbonyl (C=O) groups is 2. The Balaban J connectivity index is 1.49. The van der Waals surface area contributed by atoms with Gasteiger partial charge in [0.2, 0.25) is 11.8 Å². The number of hydrogen-bond acceptors (Lipinski definition) is 5. The number of thioether (sulfide) groups is 1. The molecule has 0 aliphatic heterocycles. The molecule has 1 heterocycles. The van der Waals surface area contributed by atoms with Gasteiger partial charge in [-0.25, -0.2) is 0 Å². The Morgan fingerprint density at radius 1 is 1.10 bits per heavy atom. The van der Waals surface area contributed by atoms with Crippen LogP contribution >= 0.6 is 39.3 Å². The van der Waals surface area contributed by atoms with Gasteiger partial charge in [0.05, 0.1) is 18.0 Å². The summed E-state index contributed by atoms with van der Waals surface area (Å²) in [5, 5.41) is 14.9. The van der Waals surface area contributed by atoms with Crippen molar-refractivity contribution < 1.29 is 9.59 Å². The van der Waals surface area contributed by atoms with Crippen molar-refractivity contribution >= 4 is 56.8 Å². The Kier molecular flexibility index (Phi) is 7.29. The minimum absolute atomic E-state index is 0.116. The number of nitrogens with one attached hydrogen (secondary N) is 2. The van der Waals surface area contributed by atoms with Crippen molar-refractivity contribution in [1.29, 1.82) is 0 Å². The molecule has 0 saturated carbocycles. The molecule has 7 nitrogen and oxygen atoms in total. The van der Waals surface area contributed by atoms with Crippen molar-refractivity contribution in [2.24, 2.45) is 7.05 Å². The average Bonchev–Trinajstić information content (AvgIpc) is 3.07. The second-order valence-electron chi connectivity index (χ2n) is 5.97. The summed E-state index contributed by atoms with van der Waals surface area (Å²) < 4.78 is 2.58. The van der Waals surface area contributed by atoms with Crippen molar-refractivity contribution in [3.05, 3.63) is 58.0 Å². The van der Waals surface area contributed by atoms with Gasteiger partial charge in [-0.15, -0.1) is 10.2 Å². The maximum Gasteiger partial charge on any atom is 0.243 e. The standard InChI is InChI=1S/C19H17BrClN5O2S/c1-26-18(12-6-8-13(21)9-7-12)24-25-19(26)29-11-17(28)22-10-16(27)23-15-5-3-2-4-14(15)20/h2-9H,10-11H2,1H3,(H,22,28)(H,23,27). The Labute approximate surface area is 185 Å². The van der Waals surface area contributed by atoms with E-state index in [2.05, 4.69) is 36.8 Å². The van der Waals surface area contributed by atoms with Crippen molar-refractivity contribution in [2.75, 3.05) is 17.6 Å². The van der Waals surface area contributed by atoms with E-state index in [0.29, 0.717) is 21.7 Å². The summed E-state index contributed by atoms with van der Waals surface area (Å²) in [7, 11) is 1.83. The molecule has 3 aromatic rings. The van der Waals surface area contributed by atoms with Gasteiger partial charge in [-0.05, 0) is 52.3 Å². The molecule has 0 atom stereocenters. The quantitative estimate of drug-likeness (QED) is 0.489. The SMILES string of the molecule is Cn1c(SCC(=O)NCC(=O)Nc2ccccc2Br)nnc1-c1ccc(Cl)cc1. The maximum absolute atomic E-state index is 12.1. The zero-order valence-corrected chi connectivity index (χ0v) is 18.5. The average molecular weight is 495 g/mol. The molecule has 29 heavy (non-hydrogen) atoms. The lowest BCUT2D eigenvalue weighted by molar-refractivity contribution is -0.122. The lowest BCUT2D eigenvalue weighted by atomic mass is 10.2.